The van der Waals surface area contributed by atoms with Crippen molar-refractivity contribution in [1.82, 2.24) is 14.4 Å². The molecule has 1 aliphatic rings. The number of nitrogens with one attached hydrogen (secondary N) is 1. The van der Waals surface area contributed by atoms with E-state index in [2.05, 4.69) is 98.9 Å². The van der Waals surface area contributed by atoms with Crippen molar-refractivity contribution in [3.63, 3.8) is 0 Å². The van der Waals surface area contributed by atoms with Crippen molar-refractivity contribution in [2.45, 2.75) is 39.5 Å². The molecule has 1 saturated heterocycles. The minimum Gasteiger partial charge on any atom is -0.494 e. The predicted octanol–water partition coefficient (Wildman–Crippen LogP) is 4.48. The molecule has 2 aromatic rings. The first-order chi connectivity index (χ1) is 17.0. The zero-order chi connectivity index (χ0) is 26.6. The fraction of sp³-hybridized carbons (Fsp3) is 0.419. The molecule has 0 bridgehead atoms. The molecule has 1 fully saturated rings. The summed E-state index contributed by atoms with van der Waals surface area (Å²) >= 11 is 0. The Bertz CT molecular complexity index is 1240. The highest BCUT2D eigenvalue weighted by Gasteiger charge is 2.20. The predicted molar refractivity (Wildman–Crippen MR) is 156 cm³/mol. The summed E-state index contributed by atoms with van der Waals surface area (Å²) < 4.78 is 8.01. The minimum absolute atomic E-state index is 0.0254. The van der Waals surface area contributed by atoms with E-state index in [1.54, 1.807) is 7.11 Å². The minimum atomic E-state index is 0.0254. The van der Waals surface area contributed by atoms with Gasteiger partial charge in [0.05, 0.1) is 29.5 Å². The van der Waals surface area contributed by atoms with E-state index in [1.807, 2.05) is 12.3 Å². The van der Waals surface area contributed by atoms with Crippen molar-refractivity contribution in [3.05, 3.63) is 77.6 Å². The summed E-state index contributed by atoms with van der Waals surface area (Å²) in [6.45, 7) is 30.5. The van der Waals surface area contributed by atoms with Crippen molar-refractivity contribution in [3.8, 4) is 5.75 Å². The molecule has 1 aromatic carbocycles. The van der Waals surface area contributed by atoms with Crippen LogP contribution in [0.1, 0.15) is 44.5 Å². The van der Waals surface area contributed by atoms with Gasteiger partial charge in [-0.1, -0.05) is 66.2 Å². The third kappa shape index (κ3) is 5.79. The topological polar surface area (TPSA) is 32.7 Å². The van der Waals surface area contributed by atoms with E-state index in [1.165, 1.54) is 16.7 Å². The Hall–Kier alpha value is -3.18. The van der Waals surface area contributed by atoms with Crippen LogP contribution in [-0.4, -0.2) is 54.2 Å². The van der Waals surface area contributed by atoms with Gasteiger partial charge in [-0.2, -0.15) is 0 Å². The molecule has 1 aliphatic heterocycles. The Balaban J connectivity index is 1.97. The lowest BCUT2D eigenvalue weighted by Gasteiger charge is -2.34. The van der Waals surface area contributed by atoms with Crippen molar-refractivity contribution in [2.24, 2.45) is 7.05 Å². The van der Waals surface area contributed by atoms with E-state index in [9.17, 15) is 0 Å². The van der Waals surface area contributed by atoms with Crippen molar-refractivity contribution < 1.29 is 4.74 Å². The number of benzene rings is 1. The van der Waals surface area contributed by atoms with E-state index in [0.29, 0.717) is 0 Å². The van der Waals surface area contributed by atoms with Crippen LogP contribution >= 0.6 is 0 Å². The molecular weight excluding hydrogens is 444 g/mol. The van der Waals surface area contributed by atoms with Crippen molar-refractivity contribution in [1.29, 1.82) is 0 Å². The van der Waals surface area contributed by atoms with Crippen LogP contribution in [0, 0.1) is 0 Å². The largest absolute Gasteiger partial charge is 0.494 e. The van der Waals surface area contributed by atoms with Crippen molar-refractivity contribution in [2.75, 3.05) is 45.2 Å². The van der Waals surface area contributed by atoms with Gasteiger partial charge >= 0.3 is 0 Å². The highest BCUT2D eigenvalue weighted by Crippen LogP contribution is 2.36. The number of methoxy groups -OCH3 is 1. The van der Waals surface area contributed by atoms with Crippen LogP contribution < -0.4 is 20.6 Å². The lowest BCUT2D eigenvalue weighted by Crippen LogP contribution is -2.45. The number of hydrogen-bond donors (Lipinski definition) is 1. The Morgan fingerprint density at radius 1 is 1.11 bits per heavy atom. The number of aromatic nitrogens is 1. The number of aryl methyl sites for hydroxylation is 1. The maximum absolute atomic E-state index is 5.83. The number of ether oxygens (including phenoxy) is 1. The van der Waals surface area contributed by atoms with Gasteiger partial charge in [0.1, 0.15) is 5.75 Å². The fourth-order valence-electron chi connectivity index (χ4n) is 4.90. The van der Waals surface area contributed by atoms with E-state index in [-0.39, 0.29) is 5.41 Å². The zero-order valence-electron chi connectivity index (χ0n) is 23.2. The van der Waals surface area contributed by atoms with Crippen LogP contribution in [0.4, 0.5) is 5.69 Å². The second-order valence-corrected chi connectivity index (χ2v) is 10.6. The number of nitrogens with zero attached hydrogens (tertiary/aromatic N) is 3. The Morgan fingerprint density at radius 2 is 1.78 bits per heavy atom. The Labute approximate surface area is 217 Å². The molecule has 0 atom stereocenters. The van der Waals surface area contributed by atoms with Crippen LogP contribution in [0.15, 0.2) is 50.2 Å². The highest BCUT2D eigenvalue weighted by atomic mass is 16.5. The first-order valence-corrected chi connectivity index (χ1v) is 12.8. The maximum atomic E-state index is 5.83. The van der Waals surface area contributed by atoms with Gasteiger partial charge in [0, 0.05) is 39.8 Å². The van der Waals surface area contributed by atoms with Gasteiger partial charge in [0.25, 0.3) is 0 Å². The van der Waals surface area contributed by atoms with Gasteiger partial charge in [0.2, 0.25) is 0 Å². The van der Waals surface area contributed by atoms with Crippen LogP contribution in [0.2, 0.25) is 0 Å². The number of hydrogen-bond acceptors (Lipinski definition) is 4. The molecule has 5 nitrogen and oxygen atoms in total. The summed E-state index contributed by atoms with van der Waals surface area (Å²) in [4.78, 5) is 4.73. The smallest absolute Gasteiger partial charge is 0.145 e. The molecule has 194 valence electrons. The van der Waals surface area contributed by atoms with E-state index in [4.69, 9.17) is 4.74 Å². The molecule has 0 unspecified atom stereocenters. The number of rotatable bonds is 9. The molecular formula is C31H44N4O. The molecule has 0 saturated carbocycles. The molecule has 0 radical (unpaired) electrons. The van der Waals surface area contributed by atoms with Crippen LogP contribution in [0.5, 0.6) is 5.75 Å². The standard InChI is InChI=1S/C31H44N4O/c1-11-24-19-26(31(6,7)8)20-27(30(24)36-10)32-23(5)28-18-22(4)29(33(28)9)25(12-2)21-35-16-14-34(13-3)15-17-35/h12-13,18-20,32H,2-5,11,14-17,21H2,1,6-10H3/b29-25-. The molecule has 1 aromatic heterocycles. The lowest BCUT2D eigenvalue weighted by atomic mass is 9.85. The summed E-state index contributed by atoms with van der Waals surface area (Å²) in [5.74, 6) is 0.868. The zero-order valence-corrected chi connectivity index (χ0v) is 23.2. The van der Waals surface area contributed by atoms with E-state index < -0.39 is 0 Å². The summed E-state index contributed by atoms with van der Waals surface area (Å²) in [6, 6.07) is 6.54. The average molecular weight is 489 g/mol. The van der Waals surface area contributed by atoms with Crippen LogP contribution in [0.3, 0.4) is 0 Å². The van der Waals surface area contributed by atoms with E-state index in [0.717, 1.165) is 72.5 Å². The van der Waals surface area contributed by atoms with Gasteiger partial charge in [-0.3, -0.25) is 4.90 Å². The highest BCUT2D eigenvalue weighted by molar-refractivity contribution is 5.79. The Kier molecular flexibility index (Phi) is 8.57. The summed E-state index contributed by atoms with van der Waals surface area (Å²) in [5, 5.41) is 5.64. The van der Waals surface area contributed by atoms with E-state index >= 15 is 0 Å². The summed E-state index contributed by atoms with van der Waals surface area (Å²) in [7, 11) is 3.81. The molecule has 3 rings (SSSR count). The molecule has 0 amide bonds. The number of piperazine rings is 1. The van der Waals surface area contributed by atoms with Gasteiger partial charge in [-0.05, 0) is 52.1 Å². The van der Waals surface area contributed by atoms with Gasteiger partial charge in [-0.25, -0.2) is 0 Å². The second kappa shape index (κ2) is 11.3. The van der Waals surface area contributed by atoms with Crippen molar-refractivity contribution >= 4 is 23.5 Å². The van der Waals surface area contributed by atoms with Crippen LogP contribution in [0.25, 0.3) is 17.8 Å². The summed E-state index contributed by atoms with van der Waals surface area (Å²) in [6.07, 6.45) is 4.79. The molecule has 0 aliphatic carbocycles. The lowest BCUT2D eigenvalue weighted by molar-refractivity contribution is 0.185. The SMILES string of the molecule is C=C/C(CN1CCN(C=C)CC1)=c1\c(=C)cc(C(=C)Nc2cc(C(C)(C)C)cc(CC)c2OC)n1C. The molecule has 2 heterocycles. The van der Waals surface area contributed by atoms with Crippen LogP contribution in [-0.2, 0) is 18.9 Å². The first kappa shape index (κ1) is 27.4. The monoisotopic (exact) mass is 488 g/mol. The molecule has 1 N–H and O–H groups in total. The Morgan fingerprint density at radius 3 is 2.31 bits per heavy atom. The molecule has 36 heavy (non-hydrogen) atoms. The normalized spacial score (nSPS) is 15.4. The fourth-order valence-corrected chi connectivity index (χ4v) is 4.90. The quantitative estimate of drug-likeness (QED) is 0.564. The maximum Gasteiger partial charge on any atom is 0.145 e. The van der Waals surface area contributed by atoms with Gasteiger partial charge in [-0.15, -0.1) is 0 Å². The third-order valence-electron chi connectivity index (χ3n) is 7.13. The first-order valence-electron chi connectivity index (χ1n) is 12.8. The molecule has 0 spiro atoms. The van der Waals surface area contributed by atoms with Gasteiger partial charge in [0.15, 0.2) is 0 Å². The molecule has 5 heteroatoms. The summed E-state index contributed by atoms with van der Waals surface area (Å²) in [5.41, 5.74) is 6.39. The third-order valence-corrected chi connectivity index (χ3v) is 7.13. The van der Waals surface area contributed by atoms with Gasteiger partial charge < -0.3 is 19.5 Å². The number of anilines is 1. The second-order valence-electron chi connectivity index (χ2n) is 10.6. The average Bonchev–Trinajstić information content (AvgIpc) is 3.15.